The molecule has 1 aromatic rings. The second-order valence-electron chi connectivity index (χ2n) is 4.14. The molecular formula is C12H16N2O4. The molecule has 0 spiro atoms. The number of methoxy groups -OCH3 is 1. The van der Waals surface area contributed by atoms with Crippen LogP contribution >= 0.6 is 0 Å². The first-order valence-electron chi connectivity index (χ1n) is 5.53. The summed E-state index contributed by atoms with van der Waals surface area (Å²) in [4.78, 5) is 37.4. The van der Waals surface area contributed by atoms with Crippen LogP contribution in [-0.4, -0.2) is 30.0 Å². The number of esters is 1. The summed E-state index contributed by atoms with van der Waals surface area (Å²) in [6.45, 7) is 3.55. The van der Waals surface area contributed by atoms with Crippen molar-refractivity contribution in [1.29, 1.82) is 0 Å². The highest BCUT2D eigenvalue weighted by molar-refractivity contribution is 5.96. The van der Waals surface area contributed by atoms with Gasteiger partial charge in [-0.05, 0) is 5.92 Å². The monoisotopic (exact) mass is 252 g/mol. The maximum Gasteiger partial charge on any atom is 0.328 e. The molecule has 1 aromatic heterocycles. The zero-order valence-corrected chi connectivity index (χ0v) is 10.5. The molecule has 18 heavy (non-hydrogen) atoms. The Hall–Kier alpha value is -2.11. The minimum Gasteiger partial charge on any atom is -0.467 e. The lowest BCUT2D eigenvalue weighted by Gasteiger charge is -2.19. The van der Waals surface area contributed by atoms with E-state index in [2.05, 4.69) is 15.0 Å². The van der Waals surface area contributed by atoms with Gasteiger partial charge in [0.1, 0.15) is 11.6 Å². The standard InChI is InChI=1S/C12H16N2O4/c1-7(2)10(12(17)18-3)14-11(16)8-6-13-5-4-9(8)15/h4-7,10H,1-3H3,(H,13,15)(H,14,16)/t10-/m0/s1. The number of ether oxygens (including phenoxy) is 1. The van der Waals surface area contributed by atoms with Crippen LogP contribution in [0.5, 0.6) is 0 Å². The van der Waals surface area contributed by atoms with Crippen LogP contribution in [0.3, 0.4) is 0 Å². The summed E-state index contributed by atoms with van der Waals surface area (Å²) in [5.41, 5.74) is -0.439. The van der Waals surface area contributed by atoms with Gasteiger partial charge in [0.15, 0.2) is 5.43 Å². The van der Waals surface area contributed by atoms with Crippen molar-refractivity contribution in [2.45, 2.75) is 19.9 Å². The highest BCUT2D eigenvalue weighted by Gasteiger charge is 2.25. The minimum absolute atomic E-state index is 0.0351. The lowest BCUT2D eigenvalue weighted by molar-refractivity contribution is -0.144. The number of rotatable bonds is 4. The number of amides is 1. The molecule has 0 bridgehead atoms. The van der Waals surface area contributed by atoms with Gasteiger partial charge in [0.25, 0.3) is 5.91 Å². The van der Waals surface area contributed by atoms with Crippen molar-refractivity contribution in [3.05, 3.63) is 34.2 Å². The van der Waals surface area contributed by atoms with Crippen LogP contribution in [0.4, 0.5) is 0 Å². The summed E-state index contributed by atoms with van der Waals surface area (Å²) in [5, 5.41) is 2.49. The van der Waals surface area contributed by atoms with E-state index in [-0.39, 0.29) is 11.5 Å². The molecule has 0 radical (unpaired) electrons. The fraction of sp³-hybridized carbons (Fsp3) is 0.417. The smallest absolute Gasteiger partial charge is 0.328 e. The van der Waals surface area contributed by atoms with Gasteiger partial charge in [-0.3, -0.25) is 9.59 Å². The maximum atomic E-state index is 11.9. The Morgan fingerprint density at radius 2 is 2.06 bits per heavy atom. The first kappa shape index (κ1) is 14.0. The largest absolute Gasteiger partial charge is 0.467 e. The average molecular weight is 252 g/mol. The molecule has 1 atom stereocenters. The van der Waals surface area contributed by atoms with E-state index in [1.54, 1.807) is 13.8 Å². The van der Waals surface area contributed by atoms with E-state index in [9.17, 15) is 14.4 Å². The van der Waals surface area contributed by atoms with Crippen LogP contribution in [0.1, 0.15) is 24.2 Å². The molecular weight excluding hydrogens is 236 g/mol. The van der Waals surface area contributed by atoms with Gasteiger partial charge in [-0.2, -0.15) is 0 Å². The van der Waals surface area contributed by atoms with Crippen LogP contribution in [0.15, 0.2) is 23.3 Å². The fourth-order valence-corrected chi connectivity index (χ4v) is 1.44. The van der Waals surface area contributed by atoms with Gasteiger partial charge in [0.05, 0.1) is 7.11 Å². The second kappa shape index (κ2) is 6.00. The highest BCUT2D eigenvalue weighted by atomic mass is 16.5. The molecule has 1 rings (SSSR count). The Kier molecular flexibility index (Phi) is 4.65. The predicted molar refractivity (Wildman–Crippen MR) is 65.2 cm³/mol. The third kappa shape index (κ3) is 3.19. The lowest BCUT2D eigenvalue weighted by atomic mass is 10.0. The molecule has 0 aliphatic heterocycles. The predicted octanol–water partition coefficient (Wildman–Crippen LogP) is 0.302. The Labute approximate surface area is 104 Å². The van der Waals surface area contributed by atoms with Crippen molar-refractivity contribution in [2.75, 3.05) is 7.11 Å². The van der Waals surface area contributed by atoms with Crippen LogP contribution < -0.4 is 10.7 Å². The number of hydrogen-bond donors (Lipinski definition) is 2. The van der Waals surface area contributed by atoms with E-state index < -0.39 is 23.3 Å². The molecule has 6 heteroatoms. The normalized spacial score (nSPS) is 12.0. The van der Waals surface area contributed by atoms with Crippen molar-refractivity contribution < 1.29 is 14.3 Å². The molecule has 0 saturated carbocycles. The van der Waals surface area contributed by atoms with Crippen molar-refractivity contribution in [3.8, 4) is 0 Å². The van der Waals surface area contributed by atoms with Gasteiger partial charge in [-0.25, -0.2) is 4.79 Å². The Morgan fingerprint density at radius 1 is 1.39 bits per heavy atom. The topological polar surface area (TPSA) is 88.3 Å². The van der Waals surface area contributed by atoms with E-state index in [1.807, 2.05) is 0 Å². The molecule has 0 saturated heterocycles. The van der Waals surface area contributed by atoms with Gasteiger partial charge in [0.2, 0.25) is 0 Å². The zero-order chi connectivity index (χ0) is 13.7. The zero-order valence-electron chi connectivity index (χ0n) is 10.5. The van der Waals surface area contributed by atoms with Crippen molar-refractivity contribution in [1.82, 2.24) is 10.3 Å². The first-order valence-corrected chi connectivity index (χ1v) is 5.53. The van der Waals surface area contributed by atoms with Gasteiger partial charge in [-0.1, -0.05) is 13.8 Å². The molecule has 1 heterocycles. The van der Waals surface area contributed by atoms with E-state index in [0.29, 0.717) is 0 Å². The third-order valence-electron chi connectivity index (χ3n) is 2.48. The van der Waals surface area contributed by atoms with Crippen LogP contribution in [-0.2, 0) is 9.53 Å². The molecule has 1 amide bonds. The number of H-pyrrole nitrogens is 1. The molecule has 0 aliphatic carbocycles. The minimum atomic E-state index is -0.776. The number of pyridine rings is 1. The van der Waals surface area contributed by atoms with Crippen molar-refractivity contribution in [3.63, 3.8) is 0 Å². The van der Waals surface area contributed by atoms with E-state index >= 15 is 0 Å². The summed E-state index contributed by atoms with van der Waals surface area (Å²) in [7, 11) is 1.25. The quantitative estimate of drug-likeness (QED) is 0.754. The third-order valence-corrected chi connectivity index (χ3v) is 2.48. The number of aromatic nitrogens is 1. The fourth-order valence-electron chi connectivity index (χ4n) is 1.44. The first-order chi connectivity index (χ1) is 8.47. The Bertz CT molecular complexity index is 493. The summed E-state index contributed by atoms with van der Waals surface area (Å²) >= 11 is 0. The number of aromatic amines is 1. The number of carbonyl (C=O) groups excluding carboxylic acids is 2. The van der Waals surface area contributed by atoms with Gasteiger partial charge in [0, 0.05) is 18.5 Å². The number of nitrogens with one attached hydrogen (secondary N) is 2. The summed E-state index contributed by atoms with van der Waals surface area (Å²) in [5.74, 6) is -1.27. The van der Waals surface area contributed by atoms with Crippen LogP contribution in [0.25, 0.3) is 0 Å². The molecule has 0 aliphatic rings. The highest BCUT2D eigenvalue weighted by Crippen LogP contribution is 2.04. The molecule has 0 unspecified atom stereocenters. The van der Waals surface area contributed by atoms with Crippen molar-refractivity contribution in [2.24, 2.45) is 5.92 Å². The second-order valence-corrected chi connectivity index (χ2v) is 4.14. The van der Waals surface area contributed by atoms with E-state index in [1.165, 1.54) is 25.6 Å². The van der Waals surface area contributed by atoms with Gasteiger partial charge >= 0.3 is 5.97 Å². The number of carbonyl (C=O) groups is 2. The van der Waals surface area contributed by atoms with E-state index in [4.69, 9.17) is 0 Å². The molecule has 2 N–H and O–H groups in total. The molecule has 6 nitrogen and oxygen atoms in total. The maximum absolute atomic E-state index is 11.9. The molecule has 0 fully saturated rings. The Morgan fingerprint density at radius 3 is 2.56 bits per heavy atom. The molecule has 0 aromatic carbocycles. The van der Waals surface area contributed by atoms with Gasteiger partial charge < -0.3 is 15.0 Å². The number of hydrogen-bond acceptors (Lipinski definition) is 4. The lowest BCUT2D eigenvalue weighted by Crippen LogP contribution is -2.46. The van der Waals surface area contributed by atoms with Gasteiger partial charge in [-0.15, -0.1) is 0 Å². The van der Waals surface area contributed by atoms with Crippen molar-refractivity contribution >= 4 is 11.9 Å². The summed E-state index contributed by atoms with van der Waals surface area (Å²) < 4.78 is 4.60. The van der Waals surface area contributed by atoms with E-state index in [0.717, 1.165) is 0 Å². The average Bonchev–Trinajstić information content (AvgIpc) is 2.35. The summed E-state index contributed by atoms with van der Waals surface area (Å²) in [6, 6.07) is 0.472. The van der Waals surface area contributed by atoms with Crippen LogP contribution in [0, 0.1) is 5.92 Å². The SMILES string of the molecule is COC(=O)[C@@H](NC(=O)c1c[nH]ccc1=O)C(C)C. The Balaban J connectivity index is 2.89. The van der Waals surface area contributed by atoms with Crippen LogP contribution in [0.2, 0.25) is 0 Å². The molecule has 98 valence electrons. The summed E-state index contributed by atoms with van der Waals surface area (Å²) in [6.07, 6.45) is 2.73.